The van der Waals surface area contributed by atoms with Gasteiger partial charge >= 0.3 is 0 Å². The van der Waals surface area contributed by atoms with Crippen molar-refractivity contribution in [3.63, 3.8) is 0 Å². The van der Waals surface area contributed by atoms with Gasteiger partial charge in [-0.05, 0) is 54.0 Å². The van der Waals surface area contributed by atoms with Crippen LogP contribution in [-0.4, -0.2) is 43.3 Å². The van der Waals surface area contributed by atoms with Gasteiger partial charge in [-0.1, -0.05) is 54.2 Å². The van der Waals surface area contributed by atoms with Crippen LogP contribution in [0.2, 0.25) is 0 Å². The normalized spacial score (nSPS) is 10.8. The Hall–Kier alpha value is -2.67. The Morgan fingerprint density at radius 2 is 1.89 bits per heavy atom. The molecular formula is C20H23N5OS. The standard InChI is InChI=1S/C20H23N5OS/c1-4-24(13-17-10-6-5-7-11-17)19(26)14-27-20-21-22-23-25(20)18-12-8-9-15(2)16(18)3/h5-12H,4,13-14H2,1-3H3. The Morgan fingerprint density at radius 1 is 1.11 bits per heavy atom. The highest BCUT2D eigenvalue weighted by molar-refractivity contribution is 7.99. The first-order chi connectivity index (χ1) is 13.1. The number of hydrogen-bond donors (Lipinski definition) is 0. The van der Waals surface area contributed by atoms with E-state index >= 15 is 0 Å². The lowest BCUT2D eigenvalue weighted by molar-refractivity contribution is -0.128. The summed E-state index contributed by atoms with van der Waals surface area (Å²) in [7, 11) is 0. The van der Waals surface area contributed by atoms with Gasteiger partial charge in [-0.2, -0.15) is 4.68 Å². The van der Waals surface area contributed by atoms with Crippen LogP contribution in [0.15, 0.2) is 53.7 Å². The third-order valence-electron chi connectivity index (χ3n) is 4.52. The predicted octanol–water partition coefficient (Wildman–Crippen LogP) is 3.42. The highest BCUT2D eigenvalue weighted by Gasteiger charge is 2.17. The second-order valence-corrected chi connectivity index (χ2v) is 7.22. The number of carbonyl (C=O) groups excluding carboxylic acids is 1. The fraction of sp³-hybridized carbons (Fsp3) is 0.300. The summed E-state index contributed by atoms with van der Waals surface area (Å²) < 4.78 is 1.70. The fourth-order valence-electron chi connectivity index (χ4n) is 2.78. The van der Waals surface area contributed by atoms with Gasteiger partial charge in [0.2, 0.25) is 11.1 Å². The molecule has 1 aromatic heterocycles. The number of rotatable bonds is 7. The molecule has 7 heteroatoms. The molecule has 0 aliphatic carbocycles. The molecule has 0 N–H and O–H groups in total. The van der Waals surface area contributed by atoms with Crippen molar-refractivity contribution in [2.75, 3.05) is 12.3 Å². The van der Waals surface area contributed by atoms with Gasteiger partial charge in [-0.15, -0.1) is 5.10 Å². The first-order valence-electron chi connectivity index (χ1n) is 8.89. The number of aromatic nitrogens is 4. The summed E-state index contributed by atoms with van der Waals surface area (Å²) in [5.74, 6) is 0.369. The van der Waals surface area contributed by atoms with E-state index in [0.29, 0.717) is 24.0 Å². The molecule has 0 aliphatic heterocycles. The van der Waals surface area contributed by atoms with Crippen LogP contribution in [-0.2, 0) is 11.3 Å². The quantitative estimate of drug-likeness (QED) is 0.587. The summed E-state index contributed by atoms with van der Waals surface area (Å²) >= 11 is 1.36. The van der Waals surface area contributed by atoms with E-state index in [1.165, 1.54) is 17.3 Å². The maximum Gasteiger partial charge on any atom is 0.233 e. The van der Waals surface area contributed by atoms with E-state index in [-0.39, 0.29) is 5.91 Å². The molecule has 1 heterocycles. The van der Waals surface area contributed by atoms with Crippen LogP contribution in [0.4, 0.5) is 0 Å². The Balaban J connectivity index is 1.69. The van der Waals surface area contributed by atoms with Gasteiger partial charge in [0.1, 0.15) is 0 Å². The molecule has 0 aliphatic rings. The molecule has 140 valence electrons. The minimum absolute atomic E-state index is 0.0712. The molecular weight excluding hydrogens is 358 g/mol. The lowest BCUT2D eigenvalue weighted by Crippen LogP contribution is -2.31. The summed E-state index contributed by atoms with van der Waals surface area (Å²) in [5.41, 5.74) is 4.36. The van der Waals surface area contributed by atoms with E-state index in [4.69, 9.17) is 0 Å². The Morgan fingerprint density at radius 3 is 2.63 bits per heavy atom. The first kappa shape index (κ1) is 19.1. The van der Waals surface area contributed by atoms with E-state index in [9.17, 15) is 4.79 Å². The maximum atomic E-state index is 12.7. The molecule has 3 aromatic rings. The number of nitrogens with zero attached hydrogens (tertiary/aromatic N) is 5. The van der Waals surface area contributed by atoms with Crippen molar-refractivity contribution in [3.8, 4) is 5.69 Å². The first-order valence-corrected chi connectivity index (χ1v) is 9.88. The summed E-state index contributed by atoms with van der Waals surface area (Å²) in [6.07, 6.45) is 0. The number of aryl methyl sites for hydroxylation is 1. The SMILES string of the molecule is CCN(Cc1ccccc1)C(=O)CSc1nnnn1-c1cccc(C)c1C. The van der Waals surface area contributed by atoms with Crippen molar-refractivity contribution >= 4 is 17.7 Å². The van der Waals surface area contributed by atoms with Gasteiger partial charge in [-0.3, -0.25) is 4.79 Å². The number of benzene rings is 2. The zero-order chi connectivity index (χ0) is 19.2. The van der Waals surface area contributed by atoms with Crippen molar-refractivity contribution < 1.29 is 4.79 Å². The van der Waals surface area contributed by atoms with Crippen molar-refractivity contribution in [3.05, 3.63) is 65.2 Å². The van der Waals surface area contributed by atoms with E-state index in [0.717, 1.165) is 16.8 Å². The smallest absolute Gasteiger partial charge is 0.233 e. The van der Waals surface area contributed by atoms with Gasteiger partial charge < -0.3 is 4.90 Å². The molecule has 3 rings (SSSR count). The third-order valence-corrected chi connectivity index (χ3v) is 5.42. The van der Waals surface area contributed by atoms with E-state index in [2.05, 4.69) is 28.5 Å². The Bertz CT molecular complexity index is 910. The minimum atomic E-state index is 0.0712. The summed E-state index contributed by atoms with van der Waals surface area (Å²) in [4.78, 5) is 14.5. The monoisotopic (exact) mass is 381 g/mol. The van der Waals surface area contributed by atoms with Crippen LogP contribution < -0.4 is 0 Å². The number of amides is 1. The van der Waals surface area contributed by atoms with Crippen LogP contribution >= 0.6 is 11.8 Å². The topological polar surface area (TPSA) is 63.9 Å². The third kappa shape index (κ3) is 4.54. The lowest BCUT2D eigenvalue weighted by atomic mass is 10.1. The Labute approximate surface area is 163 Å². The molecule has 0 fully saturated rings. The predicted molar refractivity (Wildman–Crippen MR) is 107 cm³/mol. The fourth-order valence-corrected chi connectivity index (χ4v) is 3.57. The lowest BCUT2D eigenvalue weighted by Gasteiger charge is -2.20. The van der Waals surface area contributed by atoms with Crippen LogP contribution in [0.1, 0.15) is 23.6 Å². The van der Waals surface area contributed by atoms with Gasteiger partial charge in [0.15, 0.2) is 0 Å². The molecule has 0 unspecified atom stereocenters. The number of tetrazole rings is 1. The number of thioether (sulfide) groups is 1. The van der Waals surface area contributed by atoms with Crippen molar-refractivity contribution in [1.29, 1.82) is 0 Å². The van der Waals surface area contributed by atoms with Crippen molar-refractivity contribution in [1.82, 2.24) is 25.1 Å². The van der Waals surface area contributed by atoms with Gasteiger partial charge in [0.05, 0.1) is 11.4 Å². The molecule has 0 bridgehead atoms. The van der Waals surface area contributed by atoms with Gasteiger partial charge in [0.25, 0.3) is 0 Å². The summed E-state index contributed by atoms with van der Waals surface area (Å²) in [6.45, 7) is 7.37. The maximum absolute atomic E-state index is 12.7. The van der Waals surface area contributed by atoms with Crippen molar-refractivity contribution in [2.24, 2.45) is 0 Å². The average Bonchev–Trinajstić information content (AvgIpc) is 3.15. The molecule has 27 heavy (non-hydrogen) atoms. The molecule has 6 nitrogen and oxygen atoms in total. The van der Waals surface area contributed by atoms with Crippen LogP contribution in [0.25, 0.3) is 5.69 Å². The zero-order valence-corrected chi connectivity index (χ0v) is 16.6. The average molecular weight is 382 g/mol. The number of hydrogen-bond acceptors (Lipinski definition) is 5. The van der Waals surface area contributed by atoms with Gasteiger partial charge in [0, 0.05) is 13.1 Å². The van der Waals surface area contributed by atoms with E-state index in [1.807, 2.05) is 61.2 Å². The largest absolute Gasteiger partial charge is 0.338 e. The van der Waals surface area contributed by atoms with Crippen LogP contribution in [0, 0.1) is 13.8 Å². The van der Waals surface area contributed by atoms with Crippen LogP contribution in [0.3, 0.4) is 0 Å². The zero-order valence-electron chi connectivity index (χ0n) is 15.8. The van der Waals surface area contributed by atoms with Gasteiger partial charge in [-0.25, -0.2) is 0 Å². The summed E-state index contributed by atoms with van der Waals surface area (Å²) in [5, 5.41) is 12.6. The highest BCUT2D eigenvalue weighted by atomic mass is 32.2. The molecule has 0 radical (unpaired) electrons. The van der Waals surface area contributed by atoms with E-state index < -0.39 is 0 Å². The Kier molecular flexibility index (Phi) is 6.24. The highest BCUT2D eigenvalue weighted by Crippen LogP contribution is 2.22. The number of carbonyl (C=O) groups is 1. The van der Waals surface area contributed by atoms with Crippen LogP contribution in [0.5, 0.6) is 0 Å². The molecule has 0 saturated heterocycles. The summed E-state index contributed by atoms with van der Waals surface area (Å²) in [6, 6.07) is 16.0. The molecule has 0 atom stereocenters. The van der Waals surface area contributed by atoms with E-state index in [1.54, 1.807) is 4.68 Å². The second-order valence-electron chi connectivity index (χ2n) is 6.27. The van der Waals surface area contributed by atoms with Crippen molar-refractivity contribution in [2.45, 2.75) is 32.5 Å². The minimum Gasteiger partial charge on any atom is -0.338 e. The molecule has 1 amide bonds. The molecule has 2 aromatic carbocycles. The molecule has 0 saturated carbocycles. The molecule has 0 spiro atoms. The second kappa shape index (κ2) is 8.81.